The van der Waals surface area contributed by atoms with Crippen molar-refractivity contribution in [1.29, 1.82) is 0 Å². The fourth-order valence-electron chi connectivity index (χ4n) is 2.56. The summed E-state index contributed by atoms with van der Waals surface area (Å²) in [6.07, 6.45) is 3.74. The molecular weight excluding hydrogens is 300 g/mol. The molecule has 1 aliphatic rings. The minimum absolute atomic E-state index is 0.0886. The van der Waals surface area contributed by atoms with E-state index in [9.17, 15) is 4.79 Å². The van der Waals surface area contributed by atoms with Crippen LogP contribution in [0.5, 0.6) is 0 Å². The van der Waals surface area contributed by atoms with Crippen LogP contribution in [0.25, 0.3) is 10.4 Å². The molecule has 1 fully saturated rings. The number of aromatic nitrogens is 1. The van der Waals surface area contributed by atoms with Crippen LogP contribution < -0.4 is 0 Å². The van der Waals surface area contributed by atoms with Gasteiger partial charge in [0, 0.05) is 34.9 Å². The van der Waals surface area contributed by atoms with Crippen LogP contribution in [-0.2, 0) is 4.79 Å². The maximum Gasteiger partial charge on any atom is 0.233 e. The van der Waals surface area contributed by atoms with Crippen LogP contribution in [0.4, 0.5) is 0 Å². The molecule has 3 nitrogen and oxygen atoms in total. The lowest BCUT2D eigenvalue weighted by Gasteiger charge is -2.27. The van der Waals surface area contributed by atoms with Gasteiger partial charge >= 0.3 is 0 Å². The zero-order chi connectivity index (χ0) is 14.8. The van der Waals surface area contributed by atoms with E-state index < -0.39 is 0 Å². The molecule has 0 aromatic carbocycles. The molecule has 1 atom stereocenters. The first kappa shape index (κ1) is 14.6. The van der Waals surface area contributed by atoms with Gasteiger partial charge in [0.2, 0.25) is 5.91 Å². The minimum atomic E-state index is 0.0886. The van der Waals surface area contributed by atoms with Crippen molar-refractivity contribution in [3.8, 4) is 10.4 Å². The zero-order valence-electron chi connectivity index (χ0n) is 12.2. The zero-order valence-corrected chi connectivity index (χ0v) is 13.8. The van der Waals surface area contributed by atoms with Gasteiger partial charge in [-0.25, -0.2) is 0 Å². The molecule has 3 rings (SSSR count). The van der Waals surface area contributed by atoms with Crippen molar-refractivity contribution in [3.05, 3.63) is 41.5 Å². The first-order chi connectivity index (χ1) is 10.2. The highest BCUT2D eigenvalue weighted by atomic mass is 32.2. The molecule has 1 saturated heterocycles. The summed E-state index contributed by atoms with van der Waals surface area (Å²) in [5.41, 5.74) is 2.34. The molecule has 3 heterocycles. The predicted molar refractivity (Wildman–Crippen MR) is 89.3 cm³/mol. The first-order valence-corrected chi connectivity index (χ1v) is 8.98. The van der Waals surface area contributed by atoms with Crippen molar-refractivity contribution in [3.63, 3.8) is 0 Å². The monoisotopic (exact) mass is 318 g/mol. The van der Waals surface area contributed by atoms with Crippen molar-refractivity contribution >= 4 is 29.0 Å². The van der Waals surface area contributed by atoms with Crippen LogP contribution in [-0.4, -0.2) is 28.1 Å². The number of hydrogen-bond acceptors (Lipinski definition) is 4. The van der Waals surface area contributed by atoms with E-state index in [4.69, 9.17) is 0 Å². The van der Waals surface area contributed by atoms with Crippen LogP contribution in [0.1, 0.15) is 24.8 Å². The molecule has 0 N–H and O–H groups in total. The van der Waals surface area contributed by atoms with Crippen molar-refractivity contribution < 1.29 is 4.79 Å². The number of rotatable bonds is 4. The van der Waals surface area contributed by atoms with Crippen LogP contribution in [0.15, 0.2) is 36.0 Å². The van der Waals surface area contributed by atoms with Crippen LogP contribution in [0.2, 0.25) is 0 Å². The minimum Gasteiger partial charge on any atom is -0.325 e. The highest BCUT2D eigenvalue weighted by Crippen LogP contribution is 2.43. The summed E-state index contributed by atoms with van der Waals surface area (Å²) in [5, 5.41) is 2.17. The van der Waals surface area contributed by atoms with Gasteiger partial charge in [0.15, 0.2) is 0 Å². The quantitative estimate of drug-likeness (QED) is 0.853. The van der Waals surface area contributed by atoms with Crippen molar-refractivity contribution in [2.75, 3.05) is 12.3 Å². The lowest BCUT2D eigenvalue weighted by Crippen LogP contribution is -2.31. The summed E-state index contributed by atoms with van der Waals surface area (Å²) >= 11 is 3.43. The van der Waals surface area contributed by atoms with E-state index in [0.29, 0.717) is 11.7 Å². The fraction of sp³-hybridized carbons (Fsp3) is 0.375. The second-order valence-electron chi connectivity index (χ2n) is 5.54. The SMILES string of the molecule is CC(C)CN1C(=O)CSC1c1cnccc1-c1cccs1. The average Bonchev–Trinajstić information content (AvgIpc) is 3.10. The van der Waals surface area contributed by atoms with E-state index >= 15 is 0 Å². The Labute approximate surface area is 133 Å². The standard InChI is InChI=1S/C16H18N2OS2/c1-11(2)9-18-15(19)10-21-16(18)13-8-17-6-5-12(13)14-4-3-7-20-14/h3-8,11,16H,9-10H2,1-2H3. The average molecular weight is 318 g/mol. The Bertz CT molecular complexity index is 625. The van der Waals surface area contributed by atoms with E-state index in [-0.39, 0.29) is 11.3 Å². The van der Waals surface area contributed by atoms with Gasteiger partial charge in [-0.1, -0.05) is 19.9 Å². The second kappa shape index (κ2) is 6.20. The number of thiophene rings is 1. The number of nitrogens with zero attached hydrogens (tertiary/aromatic N) is 2. The molecule has 0 radical (unpaired) electrons. The smallest absolute Gasteiger partial charge is 0.233 e. The summed E-state index contributed by atoms with van der Waals surface area (Å²) in [7, 11) is 0. The molecule has 0 saturated carbocycles. The molecule has 2 aromatic rings. The van der Waals surface area contributed by atoms with Gasteiger partial charge < -0.3 is 4.90 Å². The van der Waals surface area contributed by atoms with Crippen LogP contribution in [0.3, 0.4) is 0 Å². The third-order valence-corrected chi connectivity index (χ3v) is 5.58. The largest absolute Gasteiger partial charge is 0.325 e. The number of thioether (sulfide) groups is 1. The van der Waals surface area contributed by atoms with Gasteiger partial charge in [0.1, 0.15) is 5.37 Å². The Hall–Kier alpha value is -1.33. The topological polar surface area (TPSA) is 33.2 Å². The molecule has 5 heteroatoms. The third-order valence-electron chi connectivity index (χ3n) is 3.43. The molecule has 0 aliphatic carbocycles. The summed E-state index contributed by atoms with van der Waals surface area (Å²) in [6.45, 7) is 5.10. The summed E-state index contributed by atoms with van der Waals surface area (Å²) in [5.74, 6) is 1.27. The number of hydrogen-bond donors (Lipinski definition) is 0. The fourth-order valence-corrected chi connectivity index (χ4v) is 4.55. The van der Waals surface area contributed by atoms with E-state index in [1.165, 1.54) is 10.4 Å². The van der Waals surface area contributed by atoms with Gasteiger partial charge in [-0.05, 0) is 23.4 Å². The van der Waals surface area contributed by atoms with Crippen LogP contribution in [0, 0.1) is 5.92 Å². The predicted octanol–water partition coefficient (Wildman–Crippen LogP) is 4.04. The highest BCUT2D eigenvalue weighted by molar-refractivity contribution is 8.00. The van der Waals surface area contributed by atoms with E-state index in [0.717, 1.165) is 12.1 Å². The van der Waals surface area contributed by atoms with Gasteiger partial charge in [0.05, 0.1) is 5.75 Å². The van der Waals surface area contributed by atoms with Gasteiger partial charge in [-0.15, -0.1) is 23.1 Å². The normalized spacial score (nSPS) is 18.7. The third kappa shape index (κ3) is 2.99. The van der Waals surface area contributed by atoms with Crippen molar-refractivity contribution in [2.24, 2.45) is 5.92 Å². The molecule has 1 amide bonds. The van der Waals surface area contributed by atoms with Crippen molar-refractivity contribution in [1.82, 2.24) is 9.88 Å². The van der Waals surface area contributed by atoms with Crippen molar-refractivity contribution in [2.45, 2.75) is 19.2 Å². The van der Waals surface area contributed by atoms with Crippen LogP contribution >= 0.6 is 23.1 Å². The van der Waals surface area contributed by atoms with Gasteiger partial charge in [0.25, 0.3) is 0 Å². The number of carbonyl (C=O) groups is 1. The molecule has 1 aliphatic heterocycles. The van der Waals surface area contributed by atoms with Gasteiger partial charge in [-0.3, -0.25) is 9.78 Å². The molecule has 0 bridgehead atoms. The Balaban J connectivity index is 1.98. The molecule has 1 unspecified atom stereocenters. The van der Waals surface area contributed by atoms with Gasteiger partial charge in [-0.2, -0.15) is 0 Å². The Morgan fingerprint density at radius 1 is 1.43 bits per heavy atom. The first-order valence-electron chi connectivity index (χ1n) is 7.05. The number of amides is 1. The number of carbonyl (C=O) groups excluding carboxylic acids is 1. The Morgan fingerprint density at radius 2 is 2.29 bits per heavy atom. The molecular formula is C16H18N2OS2. The maximum absolute atomic E-state index is 12.2. The summed E-state index contributed by atoms with van der Waals surface area (Å²) in [6, 6.07) is 6.23. The molecule has 21 heavy (non-hydrogen) atoms. The highest BCUT2D eigenvalue weighted by Gasteiger charge is 2.34. The molecule has 0 spiro atoms. The summed E-state index contributed by atoms with van der Waals surface area (Å²) in [4.78, 5) is 19.7. The maximum atomic E-state index is 12.2. The number of pyridine rings is 1. The lowest BCUT2D eigenvalue weighted by molar-refractivity contribution is -0.128. The second-order valence-corrected chi connectivity index (χ2v) is 7.56. The Kier molecular flexibility index (Phi) is 4.31. The summed E-state index contributed by atoms with van der Waals surface area (Å²) < 4.78 is 0. The molecule has 110 valence electrons. The van der Waals surface area contributed by atoms with E-state index in [1.54, 1.807) is 23.1 Å². The Morgan fingerprint density at radius 3 is 3.00 bits per heavy atom. The van der Waals surface area contributed by atoms with E-state index in [1.807, 2.05) is 17.3 Å². The molecule has 2 aromatic heterocycles. The lowest BCUT2D eigenvalue weighted by atomic mass is 10.1. The van der Waals surface area contributed by atoms with E-state index in [2.05, 4.69) is 42.4 Å².